The summed E-state index contributed by atoms with van der Waals surface area (Å²) < 4.78 is 0. The SMILES string of the molecule is N=CC(CN=Cc1ccc2c3c(cccc13)-c1c-2c(-c2ccccc2)c2ccccc2c1-c1ccccc1)c1ccc2ccc3c(c2n1)NCC=C3. The Labute approximate surface area is 302 Å². The highest BCUT2D eigenvalue weighted by Crippen LogP contribution is 2.57. The highest BCUT2D eigenvalue weighted by Gasteiger charge is 2.30. The molecule has 52 heavy (non-hydrogen) atoms. The van der Waals surface area contributed by atoms with Crippen molar-refractivity contribution in [2.24, 2.45) is 4.99 Å². The molecule has 1 aliphatic heterocycles. The molecular weight excluding hydrogens is 633 g/mol. The Bertz CT molecular complexity index is 2690. The molecule has 0 bridgehead atoms. The summed E-state index contributed by atoms with van der Waals surface area (Å²) >= 11 is 0. The quantitative estimate of drug-likeness (QED) is 0.166. The van der Waals surface area contributed by atoms with Crippen LogP contribution in [0.4, 0.5) is 5.69 Å². The van der Waals surface area contributed by atoms with Gasteiger partial charge in [0.1, 0.15) is 0 Å². The molecule has 1 atom stereocenters. The van der Waals surface area contributed by atoms with Crippen molar-refractivity contribution in [1.29, 1.82) is 5.41 Å². The Balaban J connectivity index is 1.10. The van der Waals surface area contributed by atoms with Crippen LogP contribution in [0.5, 0.6) is 0 Å². The minimum absolute atomic E-state index is 0.231. The fourth-order valence-corrected chi connectivity index (χ4v) is 8.34. The van der Waals surface area contributed by atoms with E-state index in [2.05, 4.69) is 151 Å². The Morgan fingerprint density at radius 3 is 2.02 bits per heavy atom. The zero-order valence-electron chi connectivity index (χ0n) is 28.5. The van der Waals surface area contributed by atoms with Gasteiger partial charge in [0.05, 0.1) is 29.4 Å². The second-order valence-electron chi connectivity index (χ2n) is 13.6. The predicted molar refractivity (Wildman–Crippen MR) is 220 cm³/mol. The van der Waals surface area contributed by atoms with Gasteiger partial charge in [0.2, 0.25) is 0 Å². The number of aromatic nitrogens is 1. The predicted octanol–water partition coefficient (Wildman–Crippen LogP) is 11.8. The summed E-state index contributed by atoms with van der Waals surface area (Å²) in [4.78, 5) is 10.0. The van der Waals surface area contributed by atoms with Crippen LogP contribution in [-0.2, 0) is 0 Å². The first-order valence-electron chi connectivity index (χ1n) is 17.9. The lowest BCUT2D eigenvalue weighted by atomic mass is 9.82. The van der Waals surface area contributed by atoms with Gasteiger partial charge >= 0.3 is 0 Å². The van der Waals surface area contributed by atoms with E-state index in [9.17, 15) is 0 Å². The van der Waals surface area contributed by atoms with Gasteiger partial charge in [-0.1, -0.05) is 146 Å². The van der Waals surface area contributed by atoms with Crippen molar-refractivity contribution >= 4 is 56.6 Å². The van der Waals surface area contributed by atoms with Crippen LogP contribution in [0.25, 0.3) is 83.0 Å². The summed E-state index contributed by atoms with van der Waals surface area (Å²) in [5.74, 6) is -0.231. The molecule has 7 aromatic carbocycles. The van der Waals surface area contributed by atoms with E-state index >= 15 is 0 Å². The lowest BCUT2D eigenvalue weighted by Gasteiger charge is -2.20. The van der Waals surface area contributed by atoms with Gasteiger partial charge in [-0.2, -0.15) is 0 Å². The van der Waals surface area contributed by atoms with Crippen molar-refractivity contribution in [3.8, 4) is 44.5 Å². The second kappa shape index (κ2) is 12.3. The molecule has 2 heterocycles. The first kappa shape index (κ1) is 30.2. The van der Waals surface area contributed by atoms with E-state index in [1.165, 1.54) is 72.3 Å². The van der Waals surface area contributed by atoms with Gasteiger partial charge in [-0.05, 0) is 77.7 Å². The van der Waals surface area contributed by atoms with Crippen LogP contribution in [-0.4, -0.2) is 30.5 Å². The Morgan fingerprint density at radius 2 is 1.31 bits per heavy atom. The van der Waals surface area contributed by atoms with E-state index in [0.29, 0.717) is 6.54 Å². The monoisotopic (exact) mass is 666 g/mol. The summed E-state index contributed by atoms with van der Waals surface area (Å²) in [5, 5.41) is 17.9. The van der Waals surface area contributed by atoms with Crippen molar-refractivity contribution in [1.82, 2.24) is 4.98 Å². The highest BCUT2D eigenvalue weighted by molar-refractivity contribution is 6.28. The fourth-order valence-electron chi connectivity index (χ4n) is 8.34. The Hall–Kier alpha value is -6.65. The molecule has 1 unspecified atom stereocenters. The average molecular weight is 667 g/mol. The lowest BCUT2D eigenvalue weighted by Crippen LogP contribution is -2.09. The molecule has 0 fully saturated rings. The standard InChI is InChI=1S/C48H34N4/c49-27-35(41-25-23-33-21-20-32-15-10-26-51-47(32)48(33)52-41)29-50-28-34-22-24-40-44-36(34)18-9-19-39(44)45-42(30-11-3-1-4-12-30)37-16-7-8-17-38(37)43(46(40)45)31-13-5-2-6-14-31/h1-25,27-28,35,49,51H,26,29H2. The maximum Gasteiger partial charge on any atom is 0.0943 e. The molecular formula is C48H34N4. The van der Waals surface area contributed by atoms with Crippen molar-refractivity contribution in [2.75, 3.05) is 18.4 Å². The summed E-state index contributed by atoms with van der Waals surface area (Å²) in [6, 6.07) is 50.1. The molecule has 246 valence electrons. The Kier molecular flexibility index (Phi) is 7.14. The highest BCUT2D eigenvalue weighted by atomic mass is 14.9. The molecule has 10 rings (SSSR count). The maximum atomic E-state index is 8.32. The minimum atomic E-state index is -0.231. The van der Waals surface area contributed by atoms with E-state index in [1.54, 1.807) is 0 Å². The molecule has 0 saturated heterocycles. The van der Waals surface area contributed by atoms with Gasteiger partial charge in [-0.15, -0.1) is 0 Å². The summed E-state index contributed by atoms with van der Waals surface area (Å²) in [6.07, 6.45) is 7.73. The smallest absolute Gasteiger partial charge is 0.0943 e. The summed E-state index contributed by atoms with van der Waals surface area (Å²) in [7, 11) is 0. The van der Waals surface area contributed by atoms with Crippen molar-refractivity contribution in [2.45, 2.75) is 5.92 Å². The molecule has 0 radical (unpaired) electrons. The molecule has 2 N–H and O–H groups in total. The molecule has 8 aromatic rings. The van der Waals surface area contributed by atoms with Crippen LogP contribution in [0.2, 0.25) is 0 Å². The number of rotatable bonds is 7. The normalized spacial score (nSPS) is 13.4. The Morgan fingerprint density at radius 1 is 0.654 bits per heavy atom. The number of fused-ring (bicyclic) bond motifs is 7. The van der Waals surface area contributed by atoms with E-state index in [-0.39, 0.29) is 5.92 Å². The maximum absolute atomic E-state index is 8.32. The van der Waals surface area contributed by atoms with Crippen molar-refractivity contribution < 1.29 is 0 Å². The van der Waals surface area contributed by atoms with E-state index in [4.69, 9.17) is 15.4 Å². The van der Waals surface area contributed by atoms with Gasteiger partial charge in [-0.3, -0.25) is 4.99 Å². The minimum Gasteiger partial charge on any atom is -0.379 e. The fraction of sp³-hybridized carbons (Fsp3) is 0.0625. The molecule has 0 saturated carbocycles. The zero-order valence-corrected chi connectivity index (χ0v) is 28.5. The molecule has 4 nitrogen and oxygen atoms in total. The third-order valence-corrected chi connectivity index (χ3v) is 10.7. The third-order valence-electron chi connectivity index (χ3n) is 10.7. The summed E-state index contributed by atoms with van der Waals surface area (Å²) in [5.41, 5.74) is 15.1. The number of aliphatic imine (C=N–C) groups is 1. The first-order chi connectivity index (χ1) is 25.8. The number of anilines is 1. The molecule has 4 heteroatoms. The largest absolute Gasteiger partial charge is 0.379 e. The van der Waals surface area contributed by atoms with E-state index in [1.807, 2.05) is 12.3 Å². The van der Waals surface area contributed by atoms with Crippen LogP contribution in [0.15, 0.2) is 151 Å². The van der Waals surface area contributed by atoms with Crippen molar-refractivity contribution in [3.05, 3.63) is 162 Å². The average Bonchev–Trinajstić information content (AvgIpc) is 3.54. The van der Waals surface area contributed by atoms with Gasteiger partial charge < -0.3 is 10.7 Å². The van der Waals surface area contributed by atoms with Crippen LogP contribution in [0.3, 0.4) is 0 Å². The molecule has 1 aliphatic carbocycles. The van der Waals surface area contributed by atoms with Gasteiger partial charge in [0.15, 0.2) is 0 Å². The number of nitrogens with one attached hydrogen (secondary N) is 2. The van der Waals surface area contributed by atoms with Crippen LogP contribution >= 0.6 is 0 Å². The molecule has 1 aromatic heterocycles. The number of hydrogen-bond acceptors (Lipinski definition) is 4. The summed E-state index contributed by atoms with van der Waals surface area (Å²) in [6.45, 7) is 1.22. The van der Waals surface area contributed by atoms with Crippen LogP contribution in [0.1, 0.15) is 22.7 Å². The van der Waals surface area contributed by atoms with E-state index < -0.39 is 0 Å². The number of benzene rings is 7. The number of pyridine rings is 1. The van der Waals surface area contributed by atoms with Crippen molar-refractivity contribution in [3.63, 3.8) is 0 Å². The third kappa shape index (κ3) is 4.72. The molecule has 0 spiro atoms. The van der Waals surface area contributed by atoms with Gasteiger partial charge in [-0.25, -0.2) is 4.98 Å². The zero-order chi connectivity index (χ0) is 34.6. The molecule has 0 amide bonds. The topological polar surface area (TPSA) is 61.1 Å². The lowest BCUT2D eigenvalue weighted by molar-refractivity contribution is 0.872. The van der Waals surface area contributed by atoms with Crippen LogP contribution < -0.4 is 5.32 Å². The van der Waals surface area contributed by atoms with Crippen LogP contribution in [0, 0.1) is 5.41 Å². The van der Waals surface area contributed by atoms with Gasteiger partial charge in [0, 0.05) is 29.9 Å². The van der Waals surface area contributed by atoms with E-state index in [0.717, 1.165) is 40.0 Å². The first-order valence-corrected chi connectivity index (χ1v) is 17.9. The number of hydrogen-bond donors (Lipinski definition) is 2. The van der Waals surface area contributed by atoms with Gasteiger partial charge in [0.25, 0.3) is 0 Å². The molecule has 2 aliphatic rings. The second-order valence-corrected chi connectivity index (χ2v) is 13.6. The number of nitrogens with zero attached hydrogens (tertiary/aromatic N) is 2.